The number of carbonyl (C=O) groups excluding carboxylic acids is 1. The van der Waals surface area contributed by atoms with Crippen LogP contribution in [-0.4, -0.2) is 13.1 Å². The smallest absolute Gasteiger partial charge is 0.330 e. The van der Waals surface area contributed by atoms with Gasteiger partial charge < -0.3 is 9.47 Å². The van der Waals surface area contributed by atoms with E-state index in [1.807, 2.05) is 36.4 Å². The van der Waals surface area contributed by atoms with Crippen LogP contribution < -0.4 is 4.74 Å². The third kappa shape index (κ3) is 4.28. The van der Waals surface area contributed by atoms with Gasteiger partial charge in [-0.1, -0.05) is 48.5 Å². The topological polar surface area (TPSA) is 35.5 Å². The van der Waals surface area contributed by atoms with Gasteiger partial charge in [0.25, 0.3) is 0 Å². The van der Waals surface area contributed by atoms with E-state index in [1.165, 1.54) is 24.0 Å². The largest absolute Gasteiger partial charge is 0.488 e. The maximum absolute atomic E-state index is 11.2. The Bertz CT molecular complexity index is 926. The minimum absolute atomic E-state index is 0.382. The molecule has 0 saturated heterocycles. The van der Waals surface area contributed by atoms with E-state index in [2.05, 4.69) is 44.9 Å². The number of methoxy groups -OCH3 is 1. The van der Waals surface area contributed by atoms with E-state index in [1.54, 1.807) is 6.08 Å². The fourth-order valence-corrected chi connectivity index (χ4v) is 3.05. The van der Waals surface area contributed by atoms with Gasteiger partial charge in [-0.3, -0.25) is 0 Å². The number of ether oxygens (including phenoxy) is 2. The fourth-order valence-electron chi connectivity index (χ4n) is 2.54. The minimum atomic E-state index is -0.382. The summed E-state index contributed by atoms with van der Waals surface area (Å²) in [6, 6.07) is 20.1. The molecule has 0 bridgehead atoms. The summed E-state index contributed by atoms with van der Waals surface area (Å²) in [6.45, 7) is 0.483. The SMILES string of the molecule is COC(=O)/C=C/c1ccc(OCc2cccc3ccccc23)c(Br)c1. The summed E-state index contributed by atoms with van der Waals surface area (Å²) < 4.78 is 11.4. The summed E-state index contributed by atoms with van der Waals surface area (Å²) in [5.74, 6) is 0.371. The van der Waals surface area contributed by atoms with Crippen molar-refractivity contribution < 1.29 is 14.3 Å². The molecule has 0 spiro atoms. The molecule has 0 aliphatic heterocycles. The second-order valence-electron chi connectivity index (χ2n) is 5.47. The van der Waals surface area contributed by atoms with E-state index in [4.69, 9.17) is 4.74 Å². The molecule has 0 radical (unpaired) electrons. The number of rotatable bonds is 5. The van der Waals surface area contributed by atoms with Crippen LogP contribution in [0.4, 0.5) is 0 Å². The lowest BCUT2D eigenvalue weighted by molar-refractivity contribution is -0.134. The van der Waals surface area contributed by atoms with Crippen LogP contribution in [0.3, 0.4) is 0 Å². The standard InChI is InChI=1S/C21H17BrO3/c1-24-21(23)12-10-15-9-11-20(19(22)13-15)25-14-17-7-4-6-16-5-2-3-8-18(16)17/h2-13H,14H2,1H3/b12-10+. The van der Waals surface area contributed by atoms with E-state index in [0.717, 1.165) is 21.3 Å². The van der Waals surface area contributed by atoms with Gasteiger partial charge in [0.05, 0.1) is 11.6 Å². The highest BCUT2D eigenvalue weighted by Crippen LogP contribution is 2.28. The maximum atomic E-state index is 11.2. The van der Waals surface area contributed by atoms with Gasteiger partial charge in [-0.2, -0.15) is 0 Å². The lowest BCUT2D eigenvalue weighted by Gasteiger charge is -2.11. The molecule has 0 fully saturated rings. The second-order valence-corrected chi connectivity index (χ2v) is 6.33. The highest BCUT2D eigenvalue weighted by atomic mass is 79.9. The molecule has 0 amide bonds. The highest BCUT2D eigenvalue weighted by Gasteiger charge is 2.05. The Labute approximate surface area is 155 Å². The molecule has 0 aliphatic carbocycles. The van der Waals surface area contributed by atoms with Crippen LogP contribution in [0.1, 0.15) is 11.1 Å². The van der Waals surface area contributed by atoms with Gasteiger partial charge >= 0.3 is 5.97 Å². The summed E-state index contributed by atoms with van der Waals surface area (Å²) in [7, 11) is 1.35. The normalized spacial score (nSPS) is 11.0. The van der Waals surface area contributed by atoms with Gasteiger partial charge in [0, 0.05) is 6.08 Å². The van der Waals surface area contributed by atoms with Gasteiger partial charge in [0.1, 0.15) is 12.4 Å². The Morgan fingerprint density at radius 3 is 2.68 bits per heavy atom. The quantitative estimate of drug-likeness (QED) is 0.429. The van der Waals surface area contributed by atoms with Crippen LogP contribution in [0.5, 0.6) is 5.75 Å². The van der Waals surface area contributed by atoms with Crippen molar-refractivity contribution in [1.29, 1.82) is 0 Å². The first-order valence-electron chi connectivity index (χ1n) is 7.82. The Balaban J connectivity index is 1.75. The van der Waals surface area contributed by atoms with Crippen LogP contribution in [0.15, 0.2) is 71.2 Å². The van der Waals surface area contributed by atoms with Crippen LogP contribution in [0.2, 0.25) is 0 Å². The maximum Gasteiger partial charge on any atom is 0.330 e. The van der Waals surface area contributed by atoms with Crippen molar-refractivity contribution in [2.24, 2.45) is 0 Å². The molecule has 3 aromatic carbocycles. The Morgan fingerprint density at radius 1 is 1.08 bits per heavy atom. The molecule has 0 aliphatic rings. The van der Waals surface area contributed by atoms with Crippen molar-refractivity contribution in [1.82, 2.24) is 0 Å². The number of carbonyl (C=O) groups is 1. The molecule has 0 saturated carbocycles. The molecule has 25 heavy (non-hydrogen) atoms. The first-order chi connectivity index (χ1) is 12.2. The molecule has 0 atom stereocenters. The van der Waals surface area contributed by atoms with Gasteiger partial charge in [-0.25, -0.2) is 4.79 Å². The van der Waals surface area contributed by atoms with Crippen LogP contribution >= 0.6 is 15.9 Å². The summed E-state index contributed by atoms with van der Waals surface area (Å²) in [5.41, 5.74) is 2.02. The minimum Gasteiger partial charge on any atom is -0.488 e. The molecule has 3 nitrogen and oxygen atoms in total. The summed E-state index contributed by atoms with van der Waals surface area (Å²) in [6.07, 6.45) is 3.09. The number of hydrogen-bond donors (Lipinski definition) is 0. The van der Waals surface area contributed by atoms with Crippen LogP contribution in [-0.2, 0) is 16.1 Å². The zero-order valence-electron chi connectivity index (χ0n) is 13.7. The van der Waals surface area contributed by atoms with Crippen LogP contribution in [0.25, 0.3) is 16.8 Å². The molecular formula is C21H17BrO3. The van der Waals surface area contributed by atoms with E-state index in [0.29, 0.717) is 6.61 Å². The molecular weight excluding hydrogens is 380 g/mol. The third-order valence-corrected chi connectivity index (χ3v) is 4.45. The van der Waals surface area contributed by atoms with Crippen LogP contribution in [0, 0.1) is 0 Å². The molecule has 0 heterocycles. The highest BCUT2D eigenvalue weighted by molar-refractivity contribution is 9.10. The molecule has 3 aromatic rings. The number of fused-ring (bicyclic) bond motifs is 1. The zero-order chi connectivity index (χ0) is 17.6. The lowest BCUT2D eigenvalue weighted by atomic mass is 10.1. The third-order valence-electron chi connectivity index (χ3n) is 3.83. The summed E-state index contributed by atoms with van der Waals surface area (Å²) in [5, 5.41) is 2.39. The Morgan fingerprint density at radius 2 is 1.88 bits per heavy atom. The summed E-state index contributed by atoms with van der Waals surface area (Å²) in [4.78, 5) is 11.2. The molecule has 126 valence electrons. The van der Waals surface area contributed by atoms with E-state index >= 15 is 0 Å². The molecule has 0 N–H and O–H groups in total. The Kier molecular flexibility index (Phi) is 5.51. The van der Waals surface area contributed by atoms with Gasteiger partial charge in [-0.15, -0.1) is 0 Å². The average molecular weight is 397 g/mol. The second kappa shape index (κ2) is 7.99. The molecule has 3 rings (SSSR count). The fraction of sp³-hybridized carbons (Fsp3) is 0.0952. The number of hydrogen-bond acceptors (Lipinski definition) is 3. The van der Waals surface area contributed by atoms with Crippen molar-refractivity contribution in [3.63, 3.8) is 0 Å². The predicted molar refractivity (Wildman–Crippen MR) is 103 cm³/mol. The van der Waals surface area contributed by atoms with Crippen molar-refractivity contribution in [2.45, 2.75) is 6.61 Å². The van der Waals surface area contributed by atoms with E-state index in [-0.39, 0.29) is 5.97 Å². The monoisotopic (exact) mass is 396 g/mol. The van der Waals surface area contributed by atoms with Crippen molar-refractivity contribution in [3.8, 4) is 5.75 Å². The summed E-state index contributed by atoms with van der Waals surface area (Å²) >= 11 is 3.52. The zero-order valence-corrected chi connectivity index (χ0v) is 15.3. The lowest BCUT2D eigenvalue weighted by Crippen LogP contribution is -1.97. The van der Waals surface area contributed by atoms with Gasteiger partial charge in [0.2, 0.25) is 0 Å². The predicted octanol–water partition coefficient (Wildman–Crippen LogP) is 5.37. The average Bonchev–Trinajstić information content (AvgIpc) is 2.65. The Hall–Kier alpha value is -2.59. The molecule has 4 heteroatoms. The number of esters is 1. The van der Waals surface area contributed by atoms with Crippen molar-refractivity contribution in [2.75, 3.05) is 7.11 Å². The molecule has 0 unspecified atom stereocenters. The number of halogens is 1. The van der Waals surface area contributed by atoms with Crippen molar-refractivity contribution >= 4 is 38.7 Å². The first kappa shape index (κ1) is 17.2. The van der Waals surface area contributed by atoms with Gasteiger partial charge in [0.15, 0.2) is 0 Å². The first-order valence-corrected chi connectivity index (χ1v) is 8.61. The number of benzene rings is 3. The van der Waals surface area contributed by atoms with Crippen molar-refractivity contribution in [3.05, 3.63) is 82.3 Å². The molecule has 0 aromatic heterocycles. The van der Waals surface area contributed by atoms with E-state index in [9.17, 15) is 4.79 Å². The van der Waals surface area contributed by atoms with E-state index < -0.39 is 0 Å². The van der Waals surface area contributed by atoms with Gasteiger partial charge in [-0.05, 0) is 56.0 Å².